The summed E-state index contributed by atoms with van der Waals surface area (Å²) in [7, 11) is 1.60. The van der Waals surface area contributed by atoms with Gasteiger partial charge in [0.25, 0.3) is 5.91 Å². The third kappa shape index (κ3) is 5.23. The number of carbonyl (C=O) groups is 1. The summed E-state index contributed by atoms with van der Waals surface area (Å²) in [5.74, 6) is 0.292. The maximum absolute atomic E-state index is 12.4. The van der Waals surface area contributed by atoms with Crippen molar-refractivity contribution in [2.24, 2.45) is 0 Å². The highest BCUT2D eigenvalue weighted by atomic mass is 79.9. The van der Waals surface area contributed by atoms with Crippen LogP contribution in [-0.4, -0.2) is 26.2 Å². The van der Waals surface area contributed by atoms with Gasteiger partial charge in [0.15, 0.2) is 0 Å². The molecule has 0 fully saturated rings. The lowest BCUT2D eigenvalue weighted by molar-refractivity contribution is 0.0943. The second-order valence-electron chi connectivity index (χ2n) is 4.76. The van der Waals surface area contributed by atoms with E-state index in [2.05, 4.69) is 21.2 Å². The van der Waals surface area contributed by atoms with Crippen LogP contribution in [0.4, 0.5) is 0 Å². The minimum atomic E-state index is -0.223. The molecule has 0 saturated carbocycles. The van der Waals surface area contributed by atoms with E-state index in [1.807, 2.05) is 24.3 Å². The molecule has 0 unspecified atom stereocenters. The first kappa shape index (κ1) is 17.8. The summed E-state index contributed by atoms with van der Waals surface area (Å²) >= 11 is 9.47. The lowest BCUT2D eigenvalue weighted by Gasteiger charge is -2.12. The largest absolute Gasteiger partial charge is 0.490 e. The van der Waals surface area contributed by atoms with Crippen LogP contribution in [0, 0.1) is 0 Å². The first-order valence-electron chi connectivity index (χ1n) is 7.04. The molecule has 0 saturated heterocycles. The van der Waals surface area contributed by atoms with Gasteiger partial charge in [0, 0.05) is 23.1 Å². The van der Waals surface area contributed by atoms with Crippen LogP contribution >= 0.6 is 27.5 Å². The summed E-state index contributed by atoms with van der Waals surface area (Å²) in [5.41, 5.74) is 1.32. The van der Waals surface area contributed by atoms with E-state index in [9.17, 15) is 4.79 Å². The normalized spacial score (nSPS) is 10.4. The van der Waals surface area contributed by atoms with E-state index in [-0.39, 0.29) is 5.91 Å². The number of rotatable bonds is 7. The highest BCUT2D eigenvalue weighted by Crippen LogP contribution is 2.23. The Morgan fingerprint density at radius 3 is 2.74 bits per heavy atom. The van der Waals surface area contributed by atoms with Crippen LogP contribution in [0.3, 0.4) is 0 Å². The third-order valence-electron chi connectivity index (χ3n) is 3.13. The number of hydrogen-bond donors (Lipinski definition) is 1. The van der Waals surface area contributed by atoms with Gasteiger partial charge in [-0.1, -0.05) is 45.7 Å². The molecule has 4 nitrogen and oxygen atoms in total. The number of hydrogen-bond acceptors (Lipinski definition) is 3. The topological polar surface area (TPSA) is 47.6 Å². The Balaban J connectivity index is 2.08. The number of carbonyl (C=O) groups excluding carboxylic acids is 1. The molecule has 6 heteroatoms. The van der Waals surface area contributed by atoms with Crippen molar-refractivity contribution in [1.29, 1.82) is 0 Å². The number of nitrogens with one attached hydrogen (secondary N) is 1. The summed E-state index contributed by atoms with van der Waals surface area (Å²) in [6.45, 7) is 1.18. The van der Waals surface area contributed by atoms with Crippen LogP contribution in [0.15, 0.2) is 46.9 Å². The van der Waals surface area contributed by atoms with E-state index in [0.717, 1.165) is 10.0 Å². The van der Waals surface area contributed by atoms with Crippen molar-refractivity contribution >= 4 is 33.4 Å². The van der Waals surface area contributed by atoms with Crippen LogP contribution in [0.25, 0.3) is 0 Å². The average molecular weight is 399 g/mol. The molecular formula is C17H17BrClNO3. The molecule has 0 radical (unpaired) electrons. The maximum atomic E-state index is 12.4. The van der Waals surface area contributed by atoms with Gasteiger partial charge in [0.1, 0.15) is 12.4 Å². The molecule has 0 heterocycles. The Morgan fingerprint density at radius 1 is 1.22 bits per heavy atom. The molecule has 0 aromatic heterocycles. The highest BCUT2D eigenvalue weighted by molar-refractivity contribution is 9.10. The molecule has 2 aromatic rings. The van der Waals surface area contributed by atoms with E-state index >= 15 is 0 Å². The zero-order chi connectivity index (χ0) is 16.7. The van der Waals surface area contributed by atoms with Crippen molar-refractivity contribution in [3.63, 3.8) is 0 Å². The van der Waals surface area contributed by atoms with E-state index in [4.69, 9.17) is 21.1 Å². The van der Waals surface area contributed by atoms with Crippen molar-refractivity contribution in [3.8, 4) is 5.75 Å². The van der Waals surface area contributed by atoms with Gasteiger partial charge in [0.05, 0.1) is 12.2 Å². The van der Waals surface area contributed by atoms with Crippen molar-refractivity contribution < 1.29 is 14.3 Å². The molecule has 23 heavy (non-hydrogen) atoms. The predicted octanol–water partition coefficient (Wildman–Crippen LogP) is 4.06. The van der Waals surface area contributed by atoms with Gasteiger partial charge < -0.3 is 14.8 Å². The Hall–Kier alpha value is -1.56. The Bertz CT molecular complexity index is 679. The summed E-state index contributed by atoms with van der Waals surface area (Å²) < 4.78 is 11.4. The van der Waals surface area contributed by atoms with Gasteiger partial charge in [-0.2, -0.15) is 0 Å². The van der Waals surface area contributed by atoms with Crippen LogP contribution in [0.1, 0.15) is 15.9 Å². The van der Waals surface area contributed by atoms with Crippen molar-refractivity contribution in [3.05, 3.63) is 63.1 Å². The molecule has 122 valence electrons. The van der Waals surface area contributed by atoms with Gasteiger partial charge in [-0.3, -0.25) is 4.79 Å². The van der Waals surface area contributed by atoms with Gasteiger partial charge in [-0.05, 0) is 29.8 Å². The second-order valence-corrected chi connectivity index (χ2v) is 6.08. The van der Waals surface area contributed by atoms with Crippen LogP contribution in [-0.2, 0) is 11.3 Å². The molecule has 0 aliphatic carbocycles. The molecule has 1 amide bonds. The lowest BCUT2D eigenvalue weighted by Crippen LogP contribution is -2.24. The first-order valence-corrected chi connectivity index (χ1v) is 8.22. The second kappa shape index (κ2) is 8.91. The number of ether oxygens (including phenoxy) is 2. The monoisotopic (exact) mass is 397 g/mol. The standard InChI is InChI=1S/C17H17BrClNO3/c1-22-8-9-23-16-7-6-13(18)10-14(16)17(21)20-11-12-4-2-3-5-15(12)19/h2-7,10H,8-9,11H2,1H3,(H,20,21). The molecule has 0 spiro atoms. The Labute approximate surface area is 148 Å². The van der Waals surface area contributed by atoms with Gasteiger partial charge >= 0.3 is 0 Å². The van der Waals surface area contributed by atoms with Crippen molar-refractivity contribution in [2.75, 3.05) is 20.3 Å². The SMILES string of the molecule is COCCOc1ccc(Br)cc1C(=O)NCc1ccccc1Cl. The van der Waals surface area contributed by atoms with Gasteiger partial charge in [-0.25, -0.2) is 0 Å². The van der Waals surface area contributed by atoms with Crippen LogP contribution in [0.5, 0.6) is 5.75 Å². The quantitative estimate of drug-likeness (QED) is 0.716. The summed E-state index contributed by atoms with van der Waals surface area (Å²) in [5, 5.41) is 3.48. The smallest absolute Gasteiger partial charge is 0.255 e. The highest BCUT2D eigenvalue weighted by Gasteiger charge is 2.13. The number of benzene rings is 2. The van der Waals surface area contributed by atoms with Gasteiger partial charge in [-0.15, -0.1) is 0 Å². The zero-order valence-electron chi connectivity index (χ0n) is 12.6. The molecule has 2 aromatic carbocycles. The fraction of sp³-hybridized carbons (Fsp3) is 0.235. The molecule has 0 bridgehead atoms. The third-order valence-corrected chi connectivity index (χ3v) is 3.99. The van der Waals surface area contributed by atoms with E-state index in [1.54, 1.807) is 25.3 Å². The van der Waals surface area contributed by atoms with E-state index in [0.29, 0.717) is 36.1 Å². The Morgan fingerprint density at radius 2 is 2.00 bits per heavy atom. The number of amides is 1. The molecular weight excluding hydrogens is 382 g/mol. The molecule has 0 atom stereocenters. The van der Waals surface area contributed by atoms with Crippen molar-refractivity contribution in [1.82, 2.24) is 5.32 Å². The van der Waals surface area contributed by atoms with Crippen LogP contribution in [0.2, 0.25) is 5.02 Å². The summed E-state index contributed by atoms with van der Waals surface area (Å²) in [4.78, 5) is 12.4. The predicted molar refractivity (Wildman–Crippen MR) is 94.1 cm³/mol. The van der Waals surface area contributed by atoms with E-state index < -0.39 is 0 Å². The fourth-order valence-corrected chi connectivity index (χ4v) is 2.52. The molecule has 0 aliphatic rings. The van der Waals surface area contributed by atoms with Crippen molar-refractivity contribution in [2.45, 2.75) is 6.54 Å². The molecule has 1 N–H and O–H groups in total. The minimum absolute atomic E-state index is 0.223. The average Bonchev–Trinajstić information content (AvgIpc) is 2.55. The fourth-order valence-electron chi connectivity index (χ4n) is 1.95. The first-order chi connectivity index (χ1) is 11.1. The molecule has 0 aliphatic heterocycles. The summed E-state index contributed by atoms with van der Waals surface area (Å²) in [6, 6.07) is 12.7. The van der Waals surface area contributed by atoms with Crippen LogP contribution < -0.4 is 10.1 Å². The lowest BCUT2D eigenvalue weighted by atomic mass is 10.1. The zero-order valence-corrected chi connectivity index (χ0v) is 15.0. The maximum Gasteiger partial charge on any atom is 0.255 e. The number of halogens is 2. The van der Waals surface area contributed by atoms with E-state index in [1.165, 1.54) is 0 Å². The number of methoxy groups -OCH3 is 1. The molecule has 2 rings (SSSR count). The minimum Gasteiger partial charge on any atom is -0.490 e. The summed E-state index contributed by atoms with van der Waals surface area (Å²) in [6.07, 6.45) is 0. The van der Waals surface area contributed by atoms with Gasteiger partial charge in [0.2, 0.25) is 0 Å². The Kier molecular flexibility index (Phi) is 6.89.